The van der Waals surface area contributed by atoms with Gasteiger partial charge in [0.05, 0.1) is 12.9 Å². The van der Waals surface area contributed by atoms with Crippen molar-refractivity contribution >= 4 is 5.96 Å². The molecule has 0 spiro atoms. The summed E-state index contributed by atoms with van der Waals surface area (Å²) in [5, 5.41) is 6.47. The van der Waals surface area contributed by atoms with Crippen LogP contribution in [0, 0.1) is 6.92 Å². The van der Waals surface area contributed by atoms with Crippen molar-refractivity contribution in [2.75, 3.05) is 26.7 Å². The molecule has 0 saturated carbocycles. The van der Waals surface area contributed by atoms with Crippen molar-refractivity contribution in [2.45, 2.75) is 13.5 Å². The van der Waals surface area contributed by atoms with Crippen LogP contribution in [0.25, 0.3) is 0 Å². The minimum absolute atomic E-state index is 0.589. The molecule has 0 radical (unpaired) electrons. The lowest BCUT2D eigenvalue weighted by Crippen LogP contribution is -2.40. The number of aryl methyl sites for hydroxylation is 1. The number of aromatic nitrogens is 2. The molecule has 1 heterocycles. The molecule has 1 aromatic carbocycles. The van der Waals surface area contributed by atoms with Gasteiger partial charge in [-0.2, -0.15) is 0 Å². The van der Waals surface area contributed by atoms with Crippen LogP contribution in [0.4, 0.5) is 0 Å². The first kappa shape index (κ1) is 15.9. The first-order chi connectivity index (χ1) is 10.8. The minimum Gasteiger partial charge on any atom is -0.492 e. The van der Waals surface area contributed by atoms with Crippen molar-refractivity contribution in [3.63, 3.8) is 0 Å². The molecule has 0 unspecified atom stereocenters. The Kier molecular flexibility index (Phi) is 6.29. The van der Waals surface area contributed by atoms with E-state index in [2.05, 4.69) is 27.5 Å². The molecule has 1 aromatic heterocycles. The summed E-state index contributed by atoms with van der Waals surface area (Å²) >= 11 is 0. The van der Waals surface area contributed by atoms with E-state index in [-0.39, 0.29) is 0 Å². The van der Waals surface area contributed by atoms with Crippen molar-refractivity contribution in [1.82, 2.24) is 20.2 Å². The van der Waals surface area contributed by atoms with E-state index >= 15 is 0 Å². The number of benzene rings is 1. The van der Waals surface area contributed by atoms with E-state index < -0.39 is 0 Å². The Labute approximate surface area is 131 Å². The van der Waals surface area contributed by atoms with Gasteiger partial charge < -0.3 is 19.9 Å². The highest BCUT2D eigenvalue weighted by Crippen LogP contribution is 2.10. The molecule has 0 amide bonds. The average molecular weight is 301 g/mol. The van der Waals surface area contributed by atoms with E-state index in [4.69, 9.17) is 4.74 Å². The van der Waals surface area contributed by atoms with Gasteiger partial charge in [0.15, 0.2) is 5.96 Å². The number of aliphatic imine (C=N–C) groups is 1. The predicted molar refractivity (Wildman–Crippen MR) is 88.3 cm³/mol. The third-order valence-corrected chi connectivity index (χ3v) is 3.13. The van der Waals surface area contributed by atoms with Crippen LogP contribution in [0.3, 0.4) is 0 Å². The molecule has 22 heavy (non-hydrogen) atoms. The molecular formula is C16H23N5O. The zero-order valence-electron chi connectivity index (χ0n) is 13.1. The smallest absolute Gasteiger partial charge is 0.191 e. The average Bonchev–Trinajstić information content (AvgIpc) is 3.04. The lowest BCUT2D eigenvalue weighted by Gasteiger charge is -2.12. The van der Waals surface area contributed by atoms with Gasteiger partial charge in [0.25, 0.3) is 0 Å². The standard InChI is InChI=1S/C16H23N5O/c1-14-3-5-15(6-4-14)22-12-9-20-16(17-2)19-8-11-21-10-7-18-13-21/h3-7,10,13H,8-9,11-12H2,1-2H3,(H2,17,19,20). The summed E-state index contributed by atoms with van der Waals surface area (Å²) < 4.78 is 7.68. The van der Waals surface area contributed by atoms with Gasteiger partial charge in [-0.1, -0.05) is 17.7 Å². The Morgan fingerprint density at radius 3 is 2.68 bits per heavy atom. The second kappa shape index (κ2) is 8.71. The fourth-order valence-corrected chi connectivity index (χ4v) is 1.92. The first-order valence-electron chi connectivity index (χ1n) is 7.37. The van der Waals surface area contributed by atoms with Gasteiger partial charge in [0.2, 0.25) is 0 Å². The zero-order chi connectivity index (χ0) is 15.6. The highest BCUT2D eigenvalue weighted by molar-refractivity contribution is 5.79. The second-order valence-corrected chi connectivity index (χ2v) is 4.89. The van der Waals surface area contributed by atoms with Gasteiger partial charge in [0.1, 0.15) is 12.4 Å². The Balaban J connectivity index is 1.60. The maximum absolute atomic E-state index is 5.66. The van der Waals surface area contributed by atoms with Crippen LogP contribution in [0.5, 0.6) is 5.75 Å². The fourth-order valence-electron chi connectivity index (χ4n) is 1.92. The van der Waals surface area contributed by atoms with E-state index in [9.17, 15) is 0 Å². The normalized spacial score (nSPS) is 11.3. The van der Waals surface area contributed by atoms with Crippen molar-refractivity contribution in [3.05, 3.63) is 48.5 Å². The summed E-state index contributed by atoms with van der Waals surface area (Å²) in [6.07, 6.45) is 5.51. The quantitative estimate of drug-likeness (QED) is 0.461. The molecule has 0 aliphatic carbocycles. The molecule has 2 aromatic rings. The predicted octanol–water partition coefficient (Wildman–Crippen LogP) is 1.44. The zero-order valence-corrected chi connectivity index (χ0v) is 13.1. The van der Waals surface area contributed by atoms with Crippen LogP contribution in [0.15, 0.2) is 48.0 Å². The van der Waals surface area contributed by atoms with Gasteiger partial charge in [-0.05, 0) is 19.1 Å². The Morgan fingerprint density at radius 2 is 2.00 bits per heavy atom. The number of ether oxygens (including phenoxy) is 1. The number of hydrogen-bond acceptors (Lipinski definition) is 3. The first-order valence-corrected chi connectivity index (χ1v) is 7.37. The van der Waals surface area contributed by atoms with Crippen LogP contribution >= 0.6 is 0 Å². The Bertz CT molecular complexity index is 563. The Hall–Kier alpha value is -2.50. The van der Waals surface area contributed by atoms with Crippen LogP contribution in [-0.2, 0) is 6.54 Å². The van der Waals surface area contributed by atoms with Gasteiger partial charge in [-0.15, -0.1) is 0 Å². The highest BCUT2D eigenvalue weighted by atomic mass is 16.5. The number of nitrogens with one attached hydrogen (secondary N) is 2. The number of hydrogen-bond donors (Lipinski definition) is 2. The lowest BCUT2D eigenvalue weighted by atomic mass is 10.2. The summed E-state index contributed by atoms with van der Waals surface area (Å²) in [6, 6.07) is 8.04. The molecule has 118 valence electrons. The van der Waals surface area contributed by atoms with Crippen LogP contribution in [-0.4, -0.2) is 42.3 Å². The maximum atomic E-state index is 5.66. The van der Waals surface area contributed by atoms with Gasteiger partial charge in [-0.25, -0.2) is 4.98 Å². The number of rotatable bonds is 7. The molecule has 0 atom stereocenters. The molecule has 0 fully saturated rings. The van der Waals surface area contributed by atoms with E-state index in [1.54, 1.807) is 19.6 Å². The van der Waals surface area contributed by atoms with Gasteiger partial charge in [-0.3, -0.25) is 4.99 Å². The highest BCUT2D eigenvalue weighted by Gasteiger charge is 1.98. The third kappa shape index (κ3) is 5.47. The molecule has 6 heteroatoms. The van der Waals surface area contributed by atoms with Crippen molar-refractivity contribution < 1.29 is 4.74 Å². The van der Waals surface area contributed by atoms with Crippen molar-refractivity contribution in [3.8, 4) is 5.75 Å². The molecule has 6 nitrogen and oxygen atoms in total. The Morgan fingerprint density at radius 1 is 1.23 bits per heavy atom. The van der Waals surface area contributed by atoms with Crippen LogP contribution in [0.1, 0.15) is 5.56 Å². The van der Waals surface area contributed by atoms with Crippen LogP contribution < -0.4 is 15.4 Å². The topological polar surface area (TPSA) is 63.5 Å². The molecule has 2 rings (SSSR count). The molecule has 0 bridgehead atoms. The van der Waals surface area contributed by atoms with E-state index in [0.717, 1.165) is 24.8 Å². The number of imidazole rings is 1. The molecule has 0 saturated heterocycles. The van der Waals surface area contributed by atoms with Gasteiger partial charge in [0, 0.05) is 32.5 Å². The molecule has 0 aliphatic heterocycles. The second-order valence-electron chi connectivity index (χ2n) is 4.89. The fraction of sp³-hybridized carbons (Fsp3) is 0.375. The third-order valence-electron chi connectivity index (χ3n) is 3.13. The summed E-state index contributed by atoms with van der Waals surface area (Å²) in [5.41, 5.74) is 1.23. The summed E-state index contributed by atoms with van der Waals surface area (Å²) in [6.45, 7) is 4.98. The van der Waals surface area contributed by atoms with E-state index in [1.165, 1.54) is 5.56 Å². The summed E-state index contributed by atoms with van der Waals surface area (Å²) in [4.78, 5) is 8.18. The monoisotopic (exact) mass is 301 g/mol. The SMILES string of the molecule is CN=C(NCCOc1ccc(C)cc1)NCCn1ccnc1. The number of guanidine groups is 1. The van der Waals surface area contributed by atoms with E-state index in [0.29, 0.717) is 13.2 Å². The minimum atomic E-state index is 0.589. The maximum Gasteiger partial charge on any atom is 0.191 e. The van der Waals surface area contributed by atoms with Crippen molar-refractivity contribution in [2.24, 2.45) is 4.99 Å². The van der Waals surface area contributed by atoms with Crippen LogP contribution in [0.2, 0.25) is 0 Å². The summed E-state index contributed by atoms with van der Waals surface area (Å²) in [5.74, 6) is 1.66. The van der Waals surface area contributed by atoms with Gasteiger partial charge >= 0.3 is 0 Å². The molecule has 0 aliphatic rings. The number of nitrogens with zero attached hydrogens (tertiary/aromatic N) is 3. The molecular weight excluding hydrogens is 278 g/mol. The lowest BCUT2D eigenvalue weighted by molar-refractivity contribution is 0.322. The largest absolute Gasteiger partial charge is 0.492 e. The summed E-state index contributed by atoms with van der Waals surface area (Å²) in [7, 11) is 1.76. The van der Waals surface area contributed by atoms with Crippen molar-refractivity contribution in [1.29, 1.82) is 0 Å². The molecule has 2 N–H and O–H groups in total. The van der Waals surface area contributed by atoms with E-state index in [1.807, 2.05) is 35.0 Å².